The second-order valence-corrected chi connectivity index (χ2v) is 3.33. The quantitative estimate of drug-likeness (QED) is 0.436. The van der Waals surface area contributed by atoms with E-state index in [2.05, 4.69) is 6.58 Å². The summed E-state index contributed by atoms with van der Waals surface area (Å²) in [5.41, 5.74) is 0.486. The topological polar surface area (TPSA) is 35.5 Å². The van der Waals surface area contributed by atoms with Gasteiger partial charge in [0, 0.05) is 0 Å². The van der Waals surface area contributed by atoms with Gasteiger partial charge in [-0.2, -0.15) is 0 Å². The van der Waals surface area contributed by atoms with Crippen LogP contribution in [0.3, 0.4) is 0 Å². The summed E-state index contributed by atoms with van der Waals surface area (Å²) in [6, 6.07) is 6.71. The van der Waals surface area contributed by atoms with Crippen molar-refractivity contribution in [1.29, 1.82) is 0 Å². The highest BCUT2D eigenvalue weighted by atomic mass is 35.5. The van der Waals surface area contributed by atoms with Crippen LogP contribution in [-0.2, 0) is 4.74 Å². The average molecular weight is 241 g/mol. The van der Waals surface area contributed by atoms with E-state index in [0.717, 1.165) is 0 Å². The third-order valence-corrected chi connectivity index (χ3v) is 1.92. The number of hydrogen-bond donors (Lipinski definition) is 0. The summed E-state index contributed by atoms with van der Waals surface area (Å²) < 4.78 is 10.2. The molecule has 0 saturated carbocycles. The Labute approximate surface area is 99.6 Å². The van der Waals surface area contributed by atoms with E-state index in [9.17, 15) is 4.79 Å². The molecule has 0 unspecified atom stereocenters. The number of halogens is 1. The number of alkyl halides is 1. The van der Waals surface area contributed by atoms with Crippen molar-refractivity contribution in [2.75, 3.05) is 19.1 Å². The number of hydrogen-bond acceptors (Lipinski definition) is 3. The fourth-order valence-corrected chi connectivity index (χ4v) is 1.14. The Balaban J connectivity index is 2.56. The molecule has 0 heterocycles. The molecule has 0 spiro atoms. The second kappa shape index (κ2) is 6.90. The molecule has 4 heteroatoms. The molecule has 0 radical (unpaired) electrons. The van der Waals surface area contributed by atoms with Gasteiger partial charge in [-0.1, -0.05) is 12.7 Å². The number of esters is 1. The van der Waals surface area contributed by atoms with E-state index in [0.29, 0.717) is 23.8 Å². The summed E-state index contributed by atoms with van der Waals surface area (Å²) in [5.74, 6) is 0.744. The molecular formula is C12H13ClO3. The third kappa shape index (κ3) is 3.95. The van der Waals surface area contributed by atoms with Gasteiger partial charge >= 0.3 is 5.97 Å². The molecule has 1 rings (SSSR count). The van der Waals surface area contributed by atoms with Gasteiger partial charge in [0.25, 0.3) is 0 Å². The molecule has 86 valence electrons. The van der Waals surface area contributed by atoms with E-state index in [4.69, 9.17) is 21.1 Å². The largest absolute Gasteiger partial charge is 0.492 e. The maximum Gasteiger partial charge on any atom is 0.338 e. The minimum atomic E-state index is -0.371. The Morgan fingerprint density at radius 1 is 1.38 bits per heavy atom. The fraction of sp³-hybridized carbons (Fsp3) is 0.250. The molecule has 0 aliphatic heterocycles. The van der Waals surface area contributed by atoms with Gasteiger partial charge in [-0.05, 0) is 24.3 Å². The summed E-state index contributed by atoms with van der Waals surface area (Å²) in [6.45, 7) is 4.12. The van der Waals surface area contributed by atoms with E-state index in [1.165, 1.54) is 6.08 Å². The van der Waals surface area contributed by atoms with Crippen molar-refractivity contribution in [2.24, 2.45) is 0 Å². The SMILES string of the molecule is C=CCOC(=O)c1ccc(OCCCl)cc1. The molecule has 0 saturated heterocycles. The van der Waals surface area contributed by atoms with Crippen LogP contribution < -0.4 is 4.74 Å². The van der Waals surface area contributed by atoms with Crippen molar-refractivity contribution in [3.8, 4) is 5.75 Å². The normalized spacial score (nSPS) is 9.56. The van der Waals surface area contributed by atoms with Crippen LogP contribution in [0.4, 0.5) is 0 Å². The number of benzene rings is 1. The molecule has 0 bridgehead atoms. The van der Waals surface area contributed by atoms with Gasteiger partial charge in [0.1, 0.15) is 19.0 Å². The highest BCUT2D eigenvalue weighted by Crippen LogP contribution is 2.12. The van der Waals surface area contributed by atoms with Crippen molar-refractivity contribution in [3.63, 3.8) is 0 Å². The van der Waals surface area contributed by atoms with Gasteiger partial charge in [-0.15, -0.1) is 11.6 Å². The molecule has 16 heavy (non-hydrogen) atoms. The zero-order chi connectivity index (χ0) is 11.8. The van der Waals surface area contributed by atoms with Gasteiger partial charge < -0.3 is 9.47 Å². The zero-order valence-corrected chi connectivity index (χ0v) is 9.57. The molecule has 1 aromatic rings. The van der Waals surface area contributed by atoms with E-state index in [-0.39, 0.29) is 12.6 Å². The van der Waals surface area contributed by atoms with Crippen molar-refractivity contribution in [3.05, 3.63) is 42.5 Å². The zero-order valence-electron chi connectivity index (χ0n) is 8.82. The Hall–Kier alpha value is -1.48. The summed E-state index contributed by atoms with van der Waals surface area (Å²) in [5, 5.41) is 0. The predicted molar refractivity (Wildman–Crippen MR) is 63.1 cm³/mol. The lowest BCUT2D eigenvalue weighted by atomic mass is 10.2. The lowest BCUT2D eigenvalue weighted by molar-refractivity contribution is 0.0549. The maximum atomic E-state index is 11.4. The first-order valence-corrected chi connectivity index (χ1v) is 5.38. The molecule has 0 N–H and O–H groups in total. The molecule has 3 nitrogen and oxygen atoms in total. The van der Waals surface area contributed by atoms with Crippen LogP contribution in [0.2, 0.25) is 0 Å². The smallest absolute Gasteiger partial charge is 0.338 e. The molecule has 0 atom stereocenters. The highest BCUT2D eigenvalue weighted by molar-refractivity contribution is 6.18. The van der Waals surface area contributed by atoms with Gasteiger partial charge in [-0.25, -0.2) is 4.79 Å². The first-order valence-electron chi connectivity index (χ1n) is 4.84. The Kier molecular flexibility index (Phi) is 5.43. The third-order valence-electron chi connectivity index (χ3n) is 1.77. The lowest BCUT2D eigenvalue weighted by Gasteiger charge is -2.05. The summed E-state index contributed by atoms with van der Waals surface area (Å²) in [7, 11) is 0. The standard InChI is InChI=1S/C12H13ClO3/c1-2-8-16-12(14)10-3-5-11(6-4-10)15-9-7-13/h2-6H,1,7-9H2. The molecule has 0 aromatic heterocycles. The monoisotopic (exact) mass is 240 g/mol. The van der Waals surface area contributed by atoms with Crippen LogP contribution in [0.5, 0.6) is 5.75 Å². The van der Waals surface area contributed by atoms with Crippen LogP contribution >= 0.6 is 11.6 Å². The van der Waals surface area contributed by atoms with Crippen LogP contribution in [0.15, 0.2) is 36.9 Å². The Bertz CT molecular complexity index is 346. The molecule has 0 amide bonds. The number of ether oxygens (including phenoxy) is 2. The molecule has 0 aliphatic rings. The number of rotatable bonds is 6. The lowest BCUT2D eigenvalue weighted by Crippen LogP contribution is -2.05. The Morgan fingerprint density at radius 2 is 2.06 bits per heavy atom. The summed E-state index contributed by atoms with van der Waals surface area (Å²) in [4.78, 5) is 11.4. The van der Waals surface area contributed by atoms with Crippen LogP contribution in [0.25, 0.3) is 0 Å². The molecule has 1 aromatic carbocycles. The van der Waals surface area contributed by atoms with Crippen molar-refractivity contribution >= 4 is 17.6 Å². The first-order chi connectivity index (χ1) is 7.77. The maximum absolute atomic E-state index is 11.4. The van der Waals surface area contributed by atoms with Crippen molar-refractivity contribution in [2.45, 2.75) is 0 Å². The fourth-order valence-electron chi connectivity index (χ4n) is 1.06. The predicted octanol–water partition coefficient (Wildman–Crippen LogP) is 2.65. The van der Waals surface area contributed by atoms with Gasteiger partial charge in [0.2, 0.25) is 0 Å². The number of carbonyl (C=O) groups excluding carboxylic acids is 1. The molecular weight excluding hydrogens is 228 g/mol. The summed E-state index contributed by atoms with van der Waals surface area (Å²) in [6.07, 6.45) is 1.52. The van der Waals surface area contributed by atoms with Crippen molar-refractivity contribution in [1.82, 2.24) is 0 Å². The number of carbonyl (C=O) groups is 1. The van der Waals surface area contributed by atoms with E-state index >= 15 is 0 Å². The van der Waals surface area contributed by atoms with Crippen LogP contribution in [0.1, 0.15) is 10.4 Å². The average Bonchev–Trinajstić information content (AvgIpc) is 2.34. The van der Waals surface area contributed by atoms with E-state index in [1.807, 2.05) is 0 Å². The van der Waals surface area contributed by atoms with Crippen LogP contribution in [-0.4, -0.2) is 25.1 Å². The first kappa shape index (κ1) is 12.6. The van der Waals surface area contributed by atoms with E-state index < -0.39 is 0 Å². The molecule has 0 fully saturated rings. The van der Waals surface area contributed by atoms with Gasteiger partial charge in [-0.3, -0.25) is 0 Å². The molecule has 0 aliphatic carbocycles. The van der Waals surface area contributed by atoms with Gasteiger partial charge in [0.15, 0.2) is 0 Å². The Morgan fingerprint density at radius 3 is 2.62 bits per heavy atom. The summed E-state index contributed by atoms with van der Waals surface area (Å²) >= 11 is 5.48. The second-order valence-electron chi connectivity index (χ2n) is 2.95. The highest BCUT2D eigenvalue weighted by Gasteiger charge is 2.05. The minimum Gasteiger partial charge on any atom is -0.492 e. The van der Waals surface area contributed by atoms with Gasteiger partial charge in [0.05, 0.1) is 11.4 Å². The minimum absolute atomic E-state index is 0.212. The van der Waals surface area contributed by atoms with Crippen molar-refractivity contribution < 1.29 is 14.3 Å². The van der Waals surface area contributed by atoms with Crippen LogP contribution in [0, 0.1) is 0 Å². The van der Waals surface area contributed by atoms with E-state index in [1.54, 1.807) is 24.3 Å².